The summed E-state index contributed by atoms with van der Waals surface area (Å²) in [5, 5.41) is 0. The summed E-state index contributed by atoms with van der Waals surface area (Å²) in [4.78, 5) is 0. The molecule has 0 saturated heterocycles. The Morgan fingerprint density at radius 3 is 2.10 bits per heavy atom. The van der Waals surface area contributed by atoms with Crippen LogP contribution in [0.5, 0.6) is 0 Å². The van der Waals surface area contributed by atoms with Crippen LogP contribution in [0.25, 0.3) is 5.57 Å². The van der Waals surface area contributed by atoms with Crippen LogP contribution in [0.15, 0.2) is 41.0 Å². The largest absolute Gasteiger partial charge is 1.00 e. The number of rotatable bonds is 3. The molecule has 0 radical (unpaired) electrons. The molecule has 2 atom stereocenters. The Morgan fingerprint density at radius 1 is 1.05 bits per heavy atom. The van der Waals surface area contributed by atoms with Crippen molar-refractivity contribution in [3.63, 3.8) is 0 Å². The van der Waals surface area contributed by atoms with E-state index in [4.69, 9.17) is 3.32 Å². The minimum atomic E-state index is 0. The van der Waals surface area contributed by atoms with Crippen molar-refractivity contribution < 1.29 is 49.0 Å². The number of halogens is 2. The maximum Gasteiger partial charge on any atom is -1.00 e. The normalized spacial score (nSPS) is 19.3. The minimum absolute atomic E-state index is 0. The van der Waals surface area contributed by atoms with E-state index in [1.54, 1.807) is 20.8 Å². The number of benzene rings is 1. The predicted molar refractivity (Wildman–Crippen MR) is 76.1 cm³/mol. The molecule has 0 spiro atoms. The fraction of sp³-hybridized carbons (Fsp3) is 0.412. The SMILES string of the molecule is CC1=C(C)C(C)C(c2ccccc2C(C)[O][Ti+2])=C1C.[Cl-].[Cl-]. The van der Waals surface area contributed by atoms with Crippen LogP contribution in [0.3, 0.4) is 0 Å². The molecule has 0 heterocycles. The van der Waals surface area contributed by atoms with Gasteiger partial charge in [-0.2, -0.15) is 0 Å². The van der Waals surface area contributed by atoms with Crippen LogP contribution in [-0.2, 0) is 24.1 Å². The molecule has 1 aliphatic carbocycles. The molecule has 21 heavy (non-hydrogen) atoms. The third-order valence-corrected chi connectivity index (χ3v) is 5.06. The zero-order valence-electron chi connectivity index (χ0n) is 13.1. The molecule has 1 aromatic rings. The van der Waals surface area contributed by atoms with Gasteiger partial charge in [0.2, 0.25) is 0 Å². The first-order valence-corrected chi connectivity index (χ1v) is 7.43. The second-order valence-electron chi connectivity index (χ2n) is 5.42. The summed E-state index contributed by atoms with van der Waals surface area (Å²) in [5.41, 5.74) is 8.47. The molecule has 0 aliphatic heterocycles. The number of allylic oxidation sites excluding steroid dienone is 4. The van der Waals surface area contributed by atoms with Crippen molar-refractivity contribution in [2.24, 2.45) is 5.92 Å². The van der Waals surface area contributed by atoms with Crippen molar-refractivity contribution in [3.8, 4) is 0 Å². The topological polar surface area (TPSA) is 9.23 Å². The van der Waals surface area contributed by atoms with Gasteiger partial charge in [-0.15, -0.1) is 0 Å². The molecule has 0 amide bonds. The average Bonchev–Trinajstić information content (AvgIpc) is 2.62. The predicted octanol–water partition coefficient (Wildman–Crippen LogP) is -1.01. The smallest absolute Gasteiger partial charge is 1.00 e. The van der Waals surface area contributed by atoms with Gasteiger partial charge in [0.1, 0.15) is 0 Å². The summed E-state index contributed by atoms with van der Waals surface area (Å²) < 4.78 is 5.52. The standard InChI is InChI=1S/C17H21O.2ClH.Ti/c1-10-11(2)13(4)17(12(10)3)16-9-7-6-8-15(16)14(5)18;;;/h6-9,12,14H,1-5H3;2*1H;/q-1;;;+3/p-2. The van der Waals surface area contributed by atoms with Crippen LogP contribution in [-0.4, -0.2) is 0 Å². The maximum atomic E-state index is 5.52. The third-order valence-electron chi connectivity index (χ3n) is 4.51. The van der Waals surface area contributed by atoms with E-state index in [-0.39, 0.29) is 30.9 Å². The molecular weight excluding hydrogens is 339 g/mol. The van der Waals surface area contributed by atoms with Crippen molar-refractivity contribution in [1.29, 1.82) is 0 Å². The second-order valence-corrected chi connectivity index (χ2v) is 5.78. The van der Waals surface area contributed by atoms with E-state index < -0.39 is 0 Å². The summed E-state index contributed by atoms with van der Waals surface area (Å²) >= 11 is 1.77. The van der Waals surface area contributed by atoms with Crippen LogP contribution < -0.4 is 24.8 Å². The van der Waals surface area contributed by atoms with Gasteiger partial charge < -0.3 is 24.8 Å². The molecule has 0 bridgehead atoms. The summed E-state index contributed by atoms with van der Waals surface area (Å²) in [6.45, 7) is 11.1. The fourth-order valence-corrected chi connectivity index (χ4v) is 3.16. The molecule has 0 N–H and O–H groups in total. The molecule has 0 aromatic heterocycles. The van der Waals surface area contributed by atoms with Crippen molar-refractivity contribution in [2.75, 3.05) is 0 Å². The Bertz CT molecular complexity index is 564. The molecule has 0 saturated carbocycles. The Balaban J connectivity index is 0.00000200. The molecule has 2 unspecified atom stereocenters. The first kappa shape index (κ1) is 21.0. The molecule has 1 aromatic carbocycles. The van der Waals surface area contributed by atoms with Crippen LogP contribution in [0.4, 0.5) is 0 Å². The minimum Gasteiger partial charge on any atom is -1.00 e. The quantitative estimate of drug-likeness (QED) is 0.629. The first-order valence-electron chi connectivity index (χ1n) is 6.79. The zero-order valence-corrected chi connectivity index (χ0v) is 16.2. The van der Waals surface area contributed by atoms with Gasteiger partial charge >= 0.3 is 128 Å². The number of hydrogen-bond donors (Lipinski definition) is 0. The van der Waals surface area contributed by atoms with E-state index in [0.717, 1.165) is 0 Å². The van der Waals surface area contributed by atoms with Gasteiger partial charge in [0.15, 0.2) is 0 Å². The first-order chi connectivity index (χ1) is 8.99. The molecule has 1 aliphatic rings. The van der Waals surface area contributed by atoms with Crippen molar-refractivity contribution >= 4 is 5.57 Å². The van der Waals surface area contributed by atoms with Crippen LogP contribution in [0, 0.1) is 5.92 Å². The van der Waals surface area contributed by atoms with Crippen LogP contribution in [0.1, 0.15) is 51.8 Å². The van der Waals surface area contributed by atoms with Gasteiger partial charge in [-0.25, -0.2) is 0 Å². The van der Waals surface area contributed by atoms with Gasteiger partial charge in [-0.1, -0.05) is 0 Å². The summed E-state index contributed by atoms with van der Waals surface area (Å²) in [5.74, 6) is 0.505. The van der Waals surface area contributed by atoms with Crippen molar-refractivity contribution in [2.45, 2.75) is 40.7 Å². The maximum absolute atomic E-state index is 5.52. The summed E-state index contributed by atoms with van der Waals surface area (Å²) in [6, 6.07) is 8.62. The van der Waals surface area contributed by atoms with Gasteiger partial charge in [0, 0.05) is 0 Å². The van der Waals surface area contributed by atoms with E-state index in [2.05, 4.69) is 58.9 Å². The second kappa shape index (κ2) is 8.55. The van der Waals surface area contributed by atoms with E-state index in [1.165, 1.54) is 33.4 Å². The Kier molecular flexibility index (Phi) is 8.53. The Labute approximate surface area is 152 Å². The molecule has 1 nitrogen and oxygen atoms in total. The molecule has 4 heteroatoms. The van der Waals surface area contributed by atoms with Crippen LogP contribution in [0.2, 0.25) is 0 Å². The molecular formula is C17H21Cl2OTi. The van der Waals surface area contributed by atoms with Gasteiger partial charge in [0.05, 0.1) is 0 Å². The molecule has 0 fully saturated rings. The summed E-state index contributed by atoms with van der Waals surface area (Å²) in [6.07, 6.45) is 0.130. The van der Waals surface area contributed by atoms with E-state index in [0.29, 0.717) is 5.92 Å². The van der Waals surface area contributed by atoms with E-state index in [9.17, 15) is 0 Å². The van der Waals surface area contributed by atoms with Gasteiger partial charge in [0.25, 0.3) is 0 Å². The van der Waals surface area contributed by atoms with E-state index >= 15 is 0 Å². The van der Waals surface area contributed by atoms with Gasteiger partial charge in [-0.05, 0) is 0 Å². The summed E-state index contributed by atoms with van der Waals surface area (Å²) in [7, 11) is 0. The average molecular weight is 360 g/mol. The molecule has 113 valence electrons. The number of hydrogen-bond acceptors (Lipinski definition) is 1. The van der Waals surface area contributed by atoms with Crippen molar-refractivity contribution in [1.82, 2.24) is 0 Å². The van der Waals surface area contributed by atoms with Gasteiger partial charge in [-0.3, -0.25) is 0 Å². The molecule has 2 rings (SSSR count). The fourth-order valence-electron chi connectivity index (χ4n) is 2.96. The third kappa shape index (κ3) is 3.84. The zero-order chi connectivity index (χ0) is 14.2. The van der Waals surface area contributed by atoms with Crippen molar-refractivity contribution in [3.05, 3.63) is 52.1 Å². The van der Waals surface area contributed by atoms with Crippen LogP contribution >= 0.6 is 0 Å². The Morgan fingerprint density at radius 2 is 1.62 bits per heavy atom. The monoisotopic (exact) mass is 359 g/mol. The Hall–Kier alpha value is -0.0457. The van der Waals surface area contributed by atoms with E-state index in [1.807, 2.05) is 0 Å².